The van der Waals surface area contributed by atoms with Gasteiger partial charge in [-0.15, -0.1) is 0 Å². The van der Waals surface area contributed by atoms with E-state index in [-0.39, 0.29) is 0 Å². The van der Waals surface area contributed by atoms with Gasteiger partial charge in [-0.25, -0.2) is 0 Å². The summed E-state index contributed by atoms with van der Waals surface area (Å²) < 4.78 is 0. The van der Waals surface area contributed by atoms with Gasteiger partial charge in [-0.1, -0.05) is 50.1 Å². The molecule has 0 saturated carbocycles. The molecule has 2 N–H and O–H groups in total. The smallest absolute Gasteiger partial charge is 0.232 e. The number of nitrogens with one attached hydrogen (secondary N) is 2. The molecule has 0 amide bonds. The van der Waals surface area contributed by atoms with Crippen LogP contribution in [-0.2, 0) is 6.54 Å². The number of rotatable bonds is 5. The SMILES string of the molecule is C[C@@H]1CCCN(c2cc(N3CCCCCC3)nc(NC(=S)NCc3ccccc3)n2)C1. The normalized spacial score (nSPS) is 19.6. The lowest BCUT2D eigenvalue weighted by atomic mass is 10.0. The van der Waals surface area contributed by atoms with Gasteiger partial charge < -0.3 is 20.4 Å². The zero-order valence-electron chi connectivity index (χ0n) is 18.5. The van der Waals surface area contributed by atoms with E-state index in [1.165, 1.54) is 44.1 Å². The van der Waals surface area contributed by atoms with Crippen LogP contribution in [0.4, 0.5) is 17.6 Å². The van der Waals surface area contributed by atoms with Crippen LogP contribution in [-0.4, -0.2) is 41.3 Å². The van der Waals surface area contributed by atoms with Crippen molar-refractivity contribution >= 4 is 34.9 Å². The third kappa shape index (κ3) is 6.29. The fourth-order valence-corrected chi connectivity index (χ4v) is 4.59. The molecule has 6 nitrogen and oxygen atoms in total. The molecule has 0 spiro atoms. The van der Waals surface area contributed by atoms with Crippen molar-refractivity contribution < 1.29 is 0 Å². The molecule has 1 atom stereocenters. The molecule has 1 aromatic heterocycles. The highest BCUT2D eigenvalue weighted by Crippen LogP contribution is 2.27. The number of nitrogens with zero attached hydrogens (tertiary/aromatic N) is 4. The number of benzene rings is 1. The highest BCUT2D eigenvalue weighted by molar-refractivity contribution is 7.80. The van der Waals surface area contributed by atoms with Gasteiger partial charge in [0.05, 0.1) is 0 Å². The predicted molar refractivity (Wildman–Crippen MR) is 133 cm³/mol. The van der Waals surface area contributed by atoms with Crippen LogP contribution in [0.15, 0.2) is 36.4 Å². The van der Waals surface area contributed by atoms with Gasteiger partial charge in [0.15, 0.2) is 5.11 Å². The lowest BCUT2D eigenvalue weighted by Gasteiger charge is -2.33. The molecule has 2 aliphatic rings. The average molecular weight is 439 g/mol. The van der Waals surface area contributed by atoms with Gasteiger partial charge in [0.2, 0.25) is 5.95 Å². The molecule has 31 heavy (non-hydrogen) atoms. The molecule has 0 radical (unpaired) electrons. The Labute approximate surface area is 191 Å². The van der Waals surface area contributed by atoms with Crippen LogP contribution < -0.4 is 20.4 Å². The lowest BCUT2D eigenvalue weighted by Crippen LogP contribution is -2.36. The molecule has 4 rings (SSSR count). The Morgan fingerprint density at radius 1 is 0.968 bits per heavy atom. The van der Waals surface area contributed by atoms with Crippen molar-refractivity contribution in [2.45, 2.75) is 52.0 Å². The second-order valence-electron chi connectivity index (χ2n) is 8.80. The maximum Gasteiger partial charge on any atom is 0.232 e. The maximum atomic E-state index is 5.55. The van der Waals surface area contributed by atoms with Crippen molar-refractivity contribution in [1.29, 1.82) is 0 Å². The summed E-state index contributed by atoms with van der Waals surface area (Å²) in [4.78, 5) is 14.5. The third-order valence-electron chi connectivity index (χ3n) is 6.13. The molecular weight excluding hydrogens is 404 g/mol. The third-order valence-corrected chi connectivity index (χ3v) is 6.38. The van der Waals surface area contributed by atoms with E-state index in [2.05, 4.69) is 45.6 Å². The average Bonchev–Trinajstić information content (AvgIpc) is 3.08. The van der Waals surface area contributed by atoms with Crippen molar-refractivity contribution in [3.63, 3.8) is 0 Å². The van der Waals surface area contributed by atoms with E-state index in [1.807, 2.05) is 18.2 Å². The minimum atomic E-state index is 0.551. The van der Waals surface area contributed by atoms with Gasteiger partial charge in [0, 0.05) is 38.8 Å². The Balaban J connectivity index is 1.51. The van der Waals surface area contributed by atoms with Crippen molar-refractivity contribution in [1.82, 2.24) is 15.3 Å². The Morgan fingerprint density at radius 3 is 2.35 bits per heavy atom. The molecule has 7 heteroatoms. The van der Waals surface area contributed by atoms with E-state index in [9.17, 15) is 0 Å². The highest BCUT2D eigenvalue weighted by atomic mass is 32.1. The first-order valence-corrected chi connectivity index (χ1v) is 12.1. The summed E-state index contributed by atoms with van der Waals surface area (Å²) in [6.45, 7) is 7.22. The Bertz CT molecular complexity index is 830. The number of piperidine rings is 1. The summed E-state index contributed by atoms with van der Waals surface area (Å²) in [5, 5.41) is 7.07. The number of thiocarbonyl (C=S) groups is 1. The molecule has 2 aliphatic heterocycles. The Kier molecular flexibility index (Phi) is 7.57. The van der Waals surface area contributed by atoms with E-state index in [4.69, 9.17) is 22.2 Å². The summed E-state index contributed by atoms with van der Waals surface area (Å²) >= 11 is 5.55. The maximum absolute atomic E-state index is 5.55. The molecular formula is C24H34N6S. The van der Waals surface area contributed by atoms with Crippen LogP contribution in [0.3, 0.4) is 0 Å². The van der Waals surface area contributed by atoms with Crippen LogP contribution in [0.25, 0.3) is 0 Å². The van der Waals surface area contributed by atoms with E-state index in [0.29, 0.717) is 23.5 Å². The Morgan fingerprint density at radius 2 is 1.65 bits per heavy atom. The van der Waals surface area contributed by atoms with E-state index in [1.54, 1.807) is 0 Å². The fraction of sp³-hybridized carbons (Fsp3) is 0.542. The molecule has 2 aromatic rings. The van der Waals surface area contributed by atoms with Gasteiger partial charge in [-0.2, -0.15) is 9.97 Å². The summed E-state index contributed by atoms with van der Waals surface area (Å²) in [5.74, 6) is 3.29. The molecule has 2 saturated heterocycles. The van der Waals surface area contributed by atoms with Gasteiger partial charge >= 0.3 is 0 Å². The highest BCUT2D eigenvalue weighted by Gasteiger charge is 2.21. The molecule has 0 bridgehead atoms. The minimum Gasteiger partial charge on any atom is -0.358 e. The quantitative estimate of drug-likeness (QED) is 0.663. The van der Waals surface area contributed by atoms with Crippen LogP contribution in [0.5, 0.6) is 0 Å². The van der Waals surface area contributed by atoms with Gasteiger partial charge in [0.1, 0.15) is 11.6 Å². The van der Waals surface area contributed by atoms with Crippen LogP contribution in [0.2, 0.25) is 0 Å². The van der Waals surface area contributed by atoms with Crippen molar-refractivity contribution in [2.24, 2.45) is 5.92 Å². The van der Waals surface area contributed by atoms with E-state index >= 15 is 0 Å². The largest absolute Gasteiger partial charge is 0.358 e. The van der Waals surface area contributed by atoms with Crippen LogP contribution in [0, 0.1) is 5.92 Å². The zero-order valence-corrected chi connectivity index (χ0v) is 19.3. The number of hydrogen-bond acceptors (Lipinski definition) is 5. The van der Waals surface area contributed by atoms with Crippen molar-refractivity contribution in [2.75, 3.05) is 41.3 Å². The van der Waals surface area contributed by atoms with Crippen molar-refractivity contribution in [3.8, 4) is 0 Å². The van der Waals surface area contributed by atoms with Gasteiger partial charge in [0.25, 0.3) is 0 Å². The lowest BCUT2D eigenvalue weighted by molar-refractivity contribution is 0.444. The number of anilines is 3. The second kappa shape index (κ2) is 10.8. The van der Waals surface area contributed by atoms with Crippen LogP contribution >= 0.6 is 12.2 Å². The summed E-state index contributed by atoms with van der Waals surface area (Å²) in [7, 11) is 0. The molecule has 2 fully saturated rings. The molecule has 0 unspecified atom stereocenters. The first kappa shape index (κ1) is 21.8. The van der Waals surface area contributed by atoms with Gasteiger partial charge in [-0.05, 0) is 49.4 Å². The zero-order chi connectivity index (χ0) is 21.5. The summed E-state index contributed by atoms with van der Waals surface area (Å²) in [6.07, 6.45) is 7.55. The summed E-state index contributed by atoms with van der Waals surface area (Å²) in [5.41, 5.74) is 1.19. The van der Waals surface area contributed by atoms with E-state index < -0.39 is 0 Å². The fourth-order valence-electron chi connectivity index (χ4n) is 4.42. The summed E-state index contributed by atoms with van der Waals surface area (Å²) in [6, 6.07) is 12.4. The number of aromatic nitrogens is 2. The second-order valence-corrected chi connectivity index (χ2v) is 9.20. The van der Waals surface area contributed by atoms with Crippen LogP contribution in [0.1, 0.15) is 51.0 Å². The molecule has 1 aromatic carbocycles. The molecule has 0 aliphatic carbocycles. The van der Waals surface area contributed by atoms with Gasteiger partial charge in [-0.3, -0.25) is 0 Å². The predicted octanol–water partition coefficient (Wildman–Crippen LogP) is 4.58. The molecule has 166 valence electrons. The molecule has 3 heterocycles. The number of hydrogen-bond donors (Lipinski definition) is 2. The first-order chi connectivity index (χ1) is 15.2. The topological polar surface area (TPSA) is 56.3 Å². The van der Waals surface area contributed by atoms with E-state index in [0.717, 1.165) is 37.8 Å². The van der Waals surface area contributed by atoms with Crippen molar-refractivity contribution in [3.05, 3.63) is 42.0 Å². The monoisotopic (exact) mass is 438 g/mol. The first-order valence-electron chi connectivity index (χ1n) is 11.6. The standard InChI is InChI=1S/C24H34N6S/c1-19-10-9-15-30(18-19)22-16-21(29-13-7-2-3-8-14-29)26-23(27-22)28-24(31)25-17-20-11-5-4-6-12-20/h4-6,11-12,16,19H,2-3,7-10,13-15,17-18H2,1H3,(H2,25,26,27,28,31)/t19-/m1/s1. The minimum absolute atomic E-state index is 0.551. The Hall–Kier alpha value is -2.41.